The average molecular weight is 615 g/mol. The van der Waals surface area contributed by atoms with Crippen molar-refractivity contribution in [3.05, 3.63) is 75.1 Å². The molecule has 4 aliphatic rings. The molecule has 6 rings (SSSR count). The SMILES string of the molecule is C1=CC[C]([Zr+2]([c]2cccc3c2Cc2ccccc2-3)=[Si](C2CCCCCC2)C2CCCCCC2)=C1.[Cl-].[Cl-]. The fourth-order valence-corrected chi connectivity index (χ4v) is 33.7. The smallest absolute Gasteiger partial charge is 1.00 e. The van der Waals surface area contributed by atoms with Gasteiger partial charge in [0.1, 0.15) is 0 Å². The molecule has 0 heterocycles. The molecule has 0 amide bonds. The monoisotopic (exact) mass is 612 g/mol. The van der Waals surface area contributed by atoms with E-state index in [9.17, 15) is 0 Å². The van der Waals surface area contributed by atoms with Crippen LogP contribution in [-0.2, 0) is 26.8 Å². The molecule has 0 atom stereocenters. The number of hydrogen-bond donors (Lipinski definition) is 0. The third kappa shape index (κ3) is 5.93. The van der Waals surface area contributed by atoms with E-state index >= 15 is 0 Å². The van der Waals surface area contributed by atoms with Crippen LogP contribution in [0.1, 0.15) is 94.6 Å². The zero-order valence-corrected chi connectivity index (χ0v) is 26.6. The molecule has 0 aromatic heterocycles. The van der Waals surface area contributed by atoms with Gasteiger partial charge < -0.3 is 24.8 Å². The van der Waals surface area contributed by atoms with Gasteiger partial charge in [-0.2, -0.15) is 0 Å². The van der Waals surface area contributed by atoms with Crippen LogP contribution >= 0.6 is 0 Å². The molecule has 2 aromatic carbocycles. The predicted octanol–water partition coefficient (Wildman–Crippen LogP) is 2.79. The third-order valence-corrected chi connectivity index (χ3v) is 31.3. The quantitative estimate of drug-likeness (QED) is 0.314. The molecule has 0 radical (unpaired) electrons. The molecule has 0 bridgehead atoms. The van der Waals surface area contributed by atoms with Crippen molar-refractivity contribution < 1.29 is 45.2 Å². The molecular weight excluding hydrogens is 575 g/mol. The van der Waals surface area contributed by atoms with Gasteiger partial charge in [0.05, 0.1) is 0 Å². The normalized spacial score (nSPS) is 19.5. The first kappa shape index (κ1) is 28.6. The van der Waals surface area contributed by atoms with Gasteiger partial charge in [-0.3, -0.25) is 0 Å². The molecule has 2 saturated carbocycles. The van der Waals surface area contributed by atoms with Crippen molar-refractivity contribution in [2.75, 3.05) is 0 Å². The Hall–Kier alpha value is -0.400. The molecule has 0 N–H and O–H groups in total. The van der Waals surface area contributed by atoms with Crippen LogP contribution < -0.4 is 28.1 Å². The molecule has 2 aromatic rings. The minimum absolute atomic E-state index is 0. The van der Waals surface area contributed by atoms with Crippen molar-refractivity contribution >= 4 is 8.70 Å². The maximum absolute atomic E-state index is 2.65. The van der Waals surface area contributed by atoms with Crippen LogP contribution in [0.2, 0.25) is 11.1 Å². The van der Waals surface area contributed by atoms with Crippen molar-refractivity contribution in [3.63, 3.8) is 0 Å². The number of hydrogen-bond acceptors (Lipinski definition) is 0. The summed E-state index contributed by atoms with van der Waals surface area (Å²) in [5.41, 5.74) is 8.24. The first-order chi connectivity index (χ1) is 16.9. The van der Waals surface area contributed by atoms with E-state index in [1.807, 2.05) is 6.55 Å². The van der Waals surface area contributed by atoms with E-state index in [4.69, 9.17) is 0 Å². The Labute approximate surface area is 239 Å². The summed E-state index contributed by atoms with van der Waals surface area (Å²) in [5.74, 6) is 0. The summed E-state index contributed by atoms with van der Waals surface area (Å²) in [6.45, 7) is 0. The van der Waals surface area contributed by atoms with E-state index in [-0.39, 0.29) is 30.2 Å². The summed E-state index contributed by atoms with van der Waals surface area (Å²) in [6.07, 6.45) is 28.2. The van der Waals surface area contributed by atoms with Crippen LogP contribution in [0.5, 0.6) is 0 Å². The fourth-order valence-electron chi connectivity index (χ4n) is 7.46. The summed E-state index contributed by atoms with van der Waals surface area (Å²) in [6, 6.07) is 16.8. The van der Waals surface area contributed by atoms with Crippen molar-refractivity contribution in [3.8, 4) is 11.1 Å². The topological polar surface area (TPSA) is 0 Å². The van der Waals surface area contributed by atoms with Crippen LogP contribution in [-0.4, -0.2) is 5.43 Å². The molecule has 2 fully saturated rings. The van der Waals surface area contributed by atoms with E-state index in [0.717, 1.165) is 11.1 Å². The van der Waals surface area contributed by atoms with E-state index in [0.29, 0.717) is 0 Å². The van der Waals surface area contributed by atoms with Gasteiger partial charge in [0.15, 0.2) is 0 Å². The third-order valence-electron chi connectivity index (χ3n) is 9.09. The molecule has 4 aliphatic carbocycles. The molecule has 190 valence electrons. The zero-order chi connectivity index (χ0) is 22.7. The number of rotatable bonds is 4. The Morgan fingerprint density at radius 1 is 0.667 bits per heavy atom. The van der Waals surface area contributed by atoms with Gasteiger partial charge in [-0.1, -0.05) is 0 Å². The zero-order valence-electron chi connectivity index (χ0n) is 21.6. The second-order valence-corrected chi connectivity index (χ2v) is 25.7. The van der Waals surface area contributed by atoms with E-state index in [1.165, 1.54) is 69.8 Å². The van der Waals surface area contributed by atoms with Crippen LogP contribution in [0, 0.1) is 0 Å². The van der Waals surface area contributed by atoms with Crippen molar-refractivity contribution in [2.24, 2.45) is 0 Å². The summed E-state index contributed by atoms with van der Waals surface area (Å²) in [7, 11) is 0. The Morgan fingerprint density at radius 2 is 1.28 bits per heavy atom. The van der Waals surface area contributed by atoms with Crippen LogP contribution in [0.25, 0.3) is 11.1 Å². The van der Waals surface area contributed by atoms with Gasteiger partial charge in [-0.15, -0.1) is 0 Å². The molecule has 0 nitrogen and oxygen atoms in total. The molecule has 0 unspecified atom stereocenters. The van der Waals surface area contributed by atoms with E-state index in [1.54, 1.807) is 42.4 Å². The van der Waals surface area contributed by atoms with Crippen molar-refractivity contribution in [2.45, 2.75) is 101 Å². The Morgan fingerprint density at radius 3 is 1.89 bits per heavy atom. The summed E-state index contributed by atoms with van der Waals surface area (Å²) < 4.78 is 3.88. The number of allylic oxidation sites excluding steroid dienone is 4. The van der Waals surface area contributed by atoms with Gasteiger partial charge >= 0.3 is 216 Å². The number of fused-ring (bicyclic) bond motifs is 3. The minimum Gasteiger partial charge on any atom is -1.00 e. The molecule has 0 aliphatic heterocycles. The van der Waals surface area contributed by atoms with Gasteiger partial charge in [0, 0.05) is 0 Å². The largest absolute Gasteiger partial charge is 1.00 e. The van der Waals surface area contributed by atoms with Gasteiger partial charge in [0.2, 0.25) is 0 Å². The maximum Gasteiger partial charge on any atom is -1.00 e. The van der Waals surface area contributed by atoms with E-state index < -0.39 is 20.4 Å². The second-order valence-electron chi connectivity index (χ2n) is 11.2. The second kappa shape index (κ2) is 13.6. The van der Waals surface area contributed by atoms with Gasteiger partial charge in [-0.05, 0) is 0 Å². The summed E-state index contributed by atoms with van der Waals surface area (Å²) in [5, 5.41) is 0. The number of benzene rings is 2. The minimum atomic E-state index is -2.02. The van der Waals surface area contributed by atoms with Gasteiger partial charge in [-0.25, -0.2) is 0 Å². The maximum atomic E-state index is 2.65. The summed E-state index contributed by atoms with van der Waals surface area (Å²) >= 11 is -2.02. The van der Waals surface area contributed by atoms with Crippen LogP contribution in [0.3, 0.4) is 0 Å². The average Bonchev–Trinajstić information content (AvgIpc) is 3.33. The molecular formula is C32H40Cl2SiZr. The van der Waals surface area contributed by atoms with E-state index in [2.05, 4.69) is 60.7 Å². The Balaban J connectivity index is 0.00000152. The standard InChI is InChI=1S/C14H26Si.C13H9.C5H5.2ClH.Zr/c1-2-6-10-13(9-5-1)15-14-11-7-3-4-8-12-14;1-3-7-12-10(5-1)9-11-6-2-4-8-13(11)12;1-2-4-5-3-1;;;/h13-14H,1-12H2;1-5,7-8H,9H2;1-3H,4H2;2*1H;/q;;;;;+2/p-2. The van der Waals surface area contributed by atoms with Crippen LogP contribution in [0.15, 0.2) is 64.0 Å². The molecule has 0 spiro atoms. The van der Waals surface area contributed by atoms with Crippen molar-refractivity contribution in [1.29, 1.82) is 0 Å². The molecule has 4 heteroatoms. The Kier molecular flexibility index (Phi) is 10.8. The Bertz CT molecular complexity index is 1110. The predicted molar refractivity (Wildman–Crippen MR) is 145 cm³/mol. The molecule has 0 saturated heterocycles. The van der Waals surface area contributed by atoms with Crippen LogP contribution in [0.4, 0.5) is 0 Å². The number of halogens is 2. The first-order valence-corrected chi connectivity index (χ1v) is 22.0. The first-order valence-electron chi connectivity index (χ1n) is 14.2. The fraction of sp³-hybridized carbons (Fsp3) is 0.500. The summed E-state index contributed by atoms with van der Waals surface area (Å²) in [4.78, 5) is 0. The van der Waals surface area contributed by atoms with Crippen molar-refractivity contribution in [1.82, 2.24) is 0 Å². The van der Waals surface area contributed by atoms with Gasteiger partial charge in [0.25, 0.3) is 0 Å². The molecule has 36 heavy (non-hydrogen) atoms.